The molecule has 0 saturated heterocycles. The molecule has 0 atom stereocenters. The minimum atomic E-state index is -0.157. The molecule has 0 fully saturated rings. The van der Waals surface area contributed by atoms with Crippen LogP contribution in [0.4, 0.5) is 5.82 Å². The van der Waals surface area contributed by atoms with Crippen LogP contribution in [0.15, 0.2) is 55.0 Å². The van der Waals surface area contributed by atoms with Gasteiger partial charge in [-0.3, -0.25) is 14.5 Å². The highest BCUT2D eigenvalue weighted by atomic mass is 16.2. The molecule has 3 rings (SSSR count). The number of nitrogens with one attached hydrogen (secondary N) is 1. The van der Waals surface area contributed by atoms with E-state index in [9.17, 15) is 4.79 Å². The second kappa shape index (κ2) is 8.24. The predicted molar refractivity (Wildman–Crippen MR) is 99.8 cm³/mol. The van der Waals surface area contributed by atoms with Gasteiger partial charge >= 0.3 is 0 Å². The van der Waals surface area contributed by atoms with Gasteiger partial charge < -0.3 is 10.2 Å². The maximum Gasteiger partial charge on any atom is 0.269 e. The van der Waals surface area contributed by atoms with Gasteiger partial charge in [-0.2, -0.15) is 5.10 Å². The van der Waals surface area contributed by atoms with Gasteiger partial charge in [0.05, 0.1) is 0 Å². The zero-order chi connectivity index (χ0) is 18.4. The van der Waals surface area contributed by atoms with E-state index in [1.165, 1.54) is 0 Å². The molecule has 7 nitrogen and oxygen atoms in total. The molecule has 7 heteroatoms. The first-order valence-corrected chi connectivity index (χ1v) is 8.46. The van der Waals surface area contributed by atoms with Crippen LogP contribution in [0.2, 0.25) is 0 Å². The molecule has 1 N–H and O–H groups in total. The van der Waals surface area contributed by atoms with Crippen LogP contribution >= 0.6 is 0 Å². The summed E-state index contributed by atoms with van der Waals surface area (Å²) in [7, 11) is 3.74. The molecule has 26 heavy (non-hydrogen) atoms. The highest BCUT2D eigenvalue weighted by molar-refractivity contribution is 5.92. The first-order chi connectivity index (χ1) is 12.6. The summed E-state index contributed by atoms with van der Waals surface area (Å²) >= 11 is 0. The number of aryl methyl sites for hydroxylation is 1. The maximum absolute atomic E-state index is 12.3. The van der Waals surface area contributed by atoms with Gasteiger partial charge in [-0.1, -0.05) is 12.1 Å². The number of likely N-dealkylation sites (N-methyl/N-ethyl adjacent to an activating group) is 1. The average molecular weight is 350 g/mol. The number of nitrogens with zero attached hydrogens (tertiary/aromatic N) is 5. The van der Waals surface area contributed by atoms with Crippen molar-refractivity contribution in [3.05, 3.63) is 71.9 Å². The minimum absolute atomic E-state index is 0.157. The van der Waals surface area contributed by atoms with Crippen LogP contribution in [0, 0.1) is 0 Å². The van der Waals surface area contributed by atoms with Gasteiger partial charge in [-0.15, -0.1) is 0 Å². The van der Waals surface area contributed by atoms with Crippen LogP contribution in [0.3, 0.4) is 0 Å². The van der Waals surface area contributed by atoms with Gasteiger partial charge in [0.2, 0.25) is 0 Å². The van der Waals surface area contributed by atoms with E-state index < -0.39 is 0 Å². The molecule has 0 saturated carbocycles. The van der Waals surface area contributed by atoms with E-state index in [-0.39, 0.29) is 5.91 Å². The lowest BCUT2D eigenvalue weighted by molar-refractivity contribution is 0.0941. The van der Waals surface area contributed by atoms with Gasteiger partial charge in [0.25, 0.3) is 5.91 Å². The van der Waals surface area contributed by atoms with E-state index in [4.69, 9.17) is 0 Å². The molecule has 0 spiro atoms. The summed E-state index contributed by atoms with van der Waals surface area (Å²) < 4.78 is 1.55. The first kappa shape index (κ1) is 17.6. The summed E-state index contributed by atoms with van der Waals surface area (Å²) in [5.41, 5.74) is 2.53. The van der Waals surface area contributed by atoms with Crippen LogP contribution in [-0.2, 0) is 20.0 Å². The second-order valence-corrected chi connectivity index (χ2v) is 6.00. The number of rotatable bonds is 7. The number of anilines is 1. The van der Waals surface area contributed by atoms with Gasteiger partial charge in [-0.25, -0.2) is 4.98 Å². The maximum atomic E-state index is 12.3. The number of hydrogen-bond acceptors (Lipinski definition) is 5. The number of pyridine rings is 2. The average Bonchev–Trinajstić information content (AvgIpc) is 3.11. The Balaban J connectivity index is 1.64. The smallest absolute Gasteiger partial charge is 0.269 e. The zero-order valence-electron chi connectivity index (χ0n) is 15.0. The van der Waals surface area contributed by atoms with Crippen LogP contribution < -0.4 is 10.2 Å². The van der Waals surface area contributed by atoms with Crippen molar-refractivity contribution >= 4 is 11.7 Å². The molecule has 3 aromatic rings. The lowest BCUT2D eigenvalue weighted by atomic mass is 10.2. The lowest BCUT2D eigenvalue weighted by Gasteiger charge is -2.21. The largest absolute Gasteiger partial charge is 0.359 e. The zero-order valence-corrected chi connectivity index (χ0v) is 15.0. The summed E-state index contributed by atoms with van der Waals surface area (Å²) in [5.74, 6) is 0.699. The molecule has 1 amide bonds. The van der Waals surface area contributed by atoms with Gasteiger partial charge in [-0.05, 0) is 24.3 Å². The van der Waals surface area contributed by atoms with Crippen LogP contribution in [-0.4, -0.2) is 39.2 Å². The third-order valence-electron chi connectivity index (χ3n) is 4.15. The van der Waals surface area contributed by atoms with Crippen molar-refractivity contribution in [1.29, 1.82) is 0 Å². The van der Waals surface area contributed by atoms with Gasteiger partial charge in [0.15, 0.2) is 0 Å². The summed E-state index contributed by atoms with van der Waals surface area (Å²) in [5, 5.41) is 6.95. The number of hydrogen-bond donors (Lipinski definition) is 1. The number of carbonyl (C=O) groups excluding carboxylic acids is 1. The van der Waals surface area contributed by atoms with Crippen molar-refractivity contribution in [2.45, 2.75) is 13.0 Å². The Morgan fingerprint density at radius 3 is 2.69 bits per heavy atom. The summed E-state index contributed by atoms with van der Waals surface area (Å²) in [6.07, 6.45) is 6.00. The Bertz CT molecular complexity index is 861. The SMILES string of the molecule is CN(CCc1ccccn1)c1ncccc1CNC(=O)c1ccnn1C. The molecule has 0 aliphatic rings. The van der Waals surface area contributed by atoms with Crippen molar-refractivity contribution in [2.24, 2.45) is 7.05 Å². The summed E-state index contributed by atoms with van der Waals surface area (Å²) in [6, 6.07) is 11.5. The van der Waals surface area contributed by atoms with E-state index in [0.717, 1.165) is 30.0 Å². The molecule has 3 aromatic heterocycles. The summed E-state index contributed by atoms with van der Waals surface area (Å²) in [6.45, 7) is 1.19. The Labute approximate surface area is 152 Å². The van der Waals surface area contributed by atoms with E-state index in [1.54, 1.807) is 36.4 Å². The highest BCUT2D eigenvalue weighted by Crippen LogP contribution is 2.16. The molecular formula is C19H22N6O. The fourth-order valence-corrected chi connectivity index (χ4v) is 2.71. The van der Waals surface area contributed by atoms with Crippen molar-refractivity contribution in [3.8, 4) is 0 Å². The molecule has 3 heterocycles. The number of amides is 1. The Morgan fingerprint density at radius 1 is 1.12 bits per heavy atom. The van der Waals surface area contributed by atoms with E-state index >= 15 is 0 Å². The Morgan fingerprint density at radius 2 is 1.96 bits per heavy atom. The van der Waals surface area contributed by atoms with E-state index in [1.807, 2.05) is 37.4 Å². The van der Waals surface area contributed by atoms with E-state index in [0.29, 0.717) is 12.2 Å². The Kier molecular flexibility index (Phi) is 5.58. The normalized spacial score (nSPS) is 10.5. The summed E-state index contributed by atoms with van der Waals surface area (Å²) in [4.78, 5) is 23.2. The topological polar surface area (TPSA) is 75.9 Å². The van der Waals surface area contributed by atoms with Crippen LogP contribution in [0.1, 0.15) is 21.7 Å². The first-order valence-electron chi connectivity index (χ1n) is 8.46. The molecule has 0 radical (unpaired) electrons. The van der Waals surface area contributed by atoms with Crippen molar-refractivity contribution in [1.82, 2.24) is 25.1 Å². The number of carbonyl (C=O) groups is 1. The highest BCUT2D eigenvalue weighted by Gasteiger charge is 2.13. The molecule has 0 aromatic carbocycles. The van der Waals surface area contributed by atoms with Gasteiger partial charge in [0, 0.05) is 63.5 Å². The standard InChI is InChI=1S/C19H22N6O/c1-24(13-9-16-7-3-4-10-20-16)18-15(6-5-11-21-18)14-22-19(26)17-8-12-23-25(17)2/h3-8,10-12H,9,13-14H2,1-2H3,(H,22,26). The van der Waals surface area contributed by atoms with Crippen molar-refractivity contribution < 1.29 is 4.79 Å². The van der Waals surface area contributed by atoms with Crippen LogP contribution in [0.5, 0.6) is 0 Å². The fraction of sp³-hybridized carbons (Fsp3) is 0.263. The van der Waals surface area contributed by atoms with Crippen molar-refractivity contribution in [3.63, 3.8) is 0 Å². The lowest BCUT2D eigenvalue weighted by Crippen LogP contribution is -2.28. The molecule has 0 aliphatic heterocycles. The molecule has 0 aliphatic carbocycles. The molecule has 0 bridgehead atoms. The Hall–Kier alpha value is -3.22. The van der Waals surface area contributed by atoms with E-state index in [2.05, 4.69) is 25.3 Å². The second-order valence-electron chi connectivity index (χ2n) is 6.00. The third-order valence-corrected chi connectivity index (χ3v) is 4.15. The van der Waals surface area contributed by atoms with Crippen LogP contribution in [0.25, 0.3) is 0 Å². The predicted octanol–water partition coefficient (Wildman–Crippen LogP) is 1.82. The molecule has 0 unspecified atom stereocenters. The van der Waals surface area contributed by atoms with Gasteiger partial charge in [0.1, 0.15) is 11.5 Å². The minimum Gasteiger partial charge on any atom is -0.359 e. The third kappa shape index (κ3) is 4.24. The quantitative estimate of drug-likeness (QED) is 0.703. The molecule has 134 valence electrons. The van der Waals surface area contributed by atoms with Crippen molar-refractivity contribution in [2.75, 3.05) is 18.5 Å². The fourth-order valence-electron chi connectivity index (χ4n) is 2.71. The monoisotopic (exact) mass is 350 g/mol. The number of aromatic nitrogens is 4. The molecular weight excluding hydrogens is 328 g/mol.